The van der Waals surface area contributed by atoms with Gasteiger partial charge in [0.05, 0.1) is 20.3 Å². The SMILES string of the molecule is [C-]#[N+][C@H]([C@H](C)OCc1ccccc1)[C@H](OCc1ccccc1)C(=O)OC. The number of rotatable bonds is 9. The molecule has 26 heavy (non-hydrogen) atoms. The number of esters is 1. The Morgan fingerprint density at radius 2 is 1.46 bits per heavy atom. The molecule has 0 radical (unpaired) electrons. The van der Waals surface area contributed by atoms with Crippen LogP contribution in [0, 0.1) is 6.57 Å². The van der Waals surface area contributed by atoms with Crippen molar-refractivity contribution in [2.45, 2.75) is 38.4 Å². The van der Waals surface area contributed by atoms with Crippen LogP contribution in [0.3, 0.4) is 0 Å². The smallest absolute Gasteiger partial charge is 0.343 e. The van der Waals surface area contributed by atoms with Gasteiger partial charge >= 0.3 is 5.97 Å². The molecule has 5 heteroatoms. The predicted octanol–water partition coefficient (Wildman–Crippen LogP) is 3.64. The van der Waals surface area contributed by atoms with Crippen molar-refractivity contribution in [3.05, 3.63) is 83.2 Å². The van der Waals surface area contributed by atoms with Gasteiger partial charge in [0.15, 0.2) is 0 Å². The van der Waals surface area contributed by atoms with Crippen LogP contribution >= 0.6 is 0 Å². The quantitative estimate of drug-likeness (QED) is 0.510. The highest BCUT2D eigenvalue weighted by Gasteiger charge is 2.40. The average Bonchev–Trinajstić information content (AvgIpc) is 2.70. The topological polar surface area (TPSA) is 49.1 Å². The van der Waals surface area contributed by atoms with Gasteiger partial charge in [-0.1, -0.05) is 60.7 Å². The van der Waals surface area contributed by atoms with Gasteiger partial charge in [0.25, 0.3) is 6.04 Å². The highest BCUT2D eigenvalue weighted by molar-refractivity contribution is 5.76. The highest BCUT2D eigenvalue weighted by atomic mass is 16.6. The Morgan fingerprint density at radius 3 is 1.92 bits per heavy atom. The fourth-order valence-corrected chi connectivity index (χ4v) is 2.50. The molecule has 0 saturated heterocycles. The summed E-state index contributed by atoms with van der Waals surface area (Å²) in [6.07, 6.45) is -1.50. The molecule has 2 aromatic carbocycles. The number of hydrogen-bond donors (Lipinski definition) is 0. The van der Waals surface area contributed by atoms with Crippen LogP contribution in [0.15, 0.2) is 60.7 Å². The fraction of sp³-hybridized carbons (Fsp3) is 0.333. The standard InChI is InChI=1S/C21H23NO4/c1-16(25-14-17-10-6-4-7-11-17)19(22-2)20(21(23)24-3)26-15-18-12-8-5-9-13-18/h4-13,16,19-20H,14-15H2,1,3H3/t16-,19+,20-/m0/s1. The monoisotopic (exact) mass is 353 g/mol. The Kier molecular flexibility index (Phi) is 7.81. The highest BCUT2D eigenvalue weighted by Crippen LogP contribution is 2.17. The molecule has 0 aliphatic rings. The van der Waals surface area contributed by atoms with E-state index in [0.717, 1.165) is 11.1 Å². The molecule has 0 N–H and O–H groups in total. The maximum atomic E-state index is 12.2. The summed E-state index contributed by atoms with van der Waals surface area (Å²) in [5.74, 6) is -0.572. The molecule has 0 spiro atoms. The molecule has 2 aromatic rings. The van der Waals surface area contributed by atoms with Crippen LogP contribution in [0.5, 0.6) is 0 Å². The van der Waals surface area contributed by atoms with Crippen molar-refractivity contribution in [3.8, 4) is 0 Å². The summed E-state index contributed by atoms with van der Waals surface area (Å²) in [5, 5.41) is 0. The van der Waals surface area contributed by atoms with Crippen LogP contribution in [0.1, 0.15) is 18.1 Å². The minimum absolute atomic E-state index is 0.220. The van der Waals surface area contributed by atoms with Gasteiger partial charge in [0, 0.05) is 0 Å². The first-order valence-corrected chi connectivity index (χ1v) is 8.41. The summed E-state index contributed by atoms with van der Waals surface area (Å²) in [4.78, 5) is 15.7. The number of nitrogens with zero attached hydrogens (tertiary/aromatic N) is 1. The Bertz CT molecular complexity index is 712. The summed E-state index contributed by atoms with van der Waals surface area (Å²) >= 11 is 0. The molecular formula is C21H23NO4. The molecule has 136 valence electrons. The Labute approximate surface area is 154 Å². The minimum Gasteiger partial charge on any atom is -0.467 e. The van der Waals surface area contributed by atoms with Gasteiger partial charge in [-0.05, 0) is 18.1 Å². The van der Waals surface area contributed by atoms with Crippen molar-refractivity contribution in [3.63, 3.8) is 0 Å². The normalized spacial score (nSPS) is 14.0. The van der Waals surface area contributed by atoms with Crippen molar-refractivity contribution < 1.29 is 19.0 Å². The molecular weight excluding hydrogens is 330 g/mol. The second kappa shape index (κ2) is 10.3. The summed E-state index contributed by atoms with van der Waals surface area (Å²) < 4.78 is 16.4. The van der Waals surface area contributed by atoms with E-state index in [1.165, 1.54) is 7.11 Å². The van der Waals surface area contributed by atoms with E-state index in [4.69, 9.17) is 20.8 Å². The van der Waals surface area contributed by atoms with Gasteiger partial charge in [-0.15, -0.1) is 0 Å². The van der Waals surface area contributed by atoms with Gasteiger partial charge in [0.1, 0.15) is 6.10 Å². The third kappa shape index (κ3) is 5.69. The molecule has 0 fully saturated rings. The zero-order chi connectivity index (χ0) is 18.8. The number of hydrogen-bond acceptors (Lipinski definition) is 4. The van der Waals surface area contributed by atoms with E-state index >= 15 is 0 Å². The van der Waals surface area contributed by atoms with Crippen LogP contribution in [0.2, 0.25) is 0 Å². The maximum Gasteiger partial charge on any atom is 0.343 e. The number of carbonyl (C=O) groups is 1. The molecule has 0 saturated carbocycles. The third-order valence-corrected chi connectivity index (χ3v) is 4.00. The first kappa shape index (κ1) is 19.6. The Hall–Kier alpha value is -2.68. The summed E-state index contributed by atoms with van der Waals surface area (Å²) in [6.45, 7) is 9.87. The number of carbonyl (C=O) groups excluding carboxylic acids is 1. The number of methoxy groups -OCH3 is 1. The minimum atomic E-state index is -1.01. The zero-order valence-electron chi connectivity index (χ0n) is 15.0. The van der Waals surface area contributed by atoms with Crippen molar-refractivity contribution in [1.29, 1.82) is 0 Å². The van der Waals surface area contributed by atoms with Gasteiger partial charge in [-0.25, -0.2) is 11.4 Å². The van der Waals surface area contributed by atoms with Gasteiger partial charge in [-0.2, -0.15) is 0 Å². The van der Waals surface area contributed by atoms with Crippen molar-refractivity contribution in [1.82, 2.24) is 0 Å². The molecule has 0 unspecified atom stereocenters. The molecule has 0 heterocycles. The van der Waals surface area contributed by atoms with Crippen LogP contribution in [0.25, 0.3) is 4.85 Å². The van der Waals surface area contributed by atoms with Crippen LogP contribution < -0.4 is 0 Å². The summed E-state index contributed by atoms with van der Waals surface area (Å²) in [5.41, 5.74) is 1.92. The van der Waals surface area contributed by atoms with Gasteiger partial charge in [0.2, 0.25) is 6.10 Å². The zero-order valence-corrected chi connectivity index (χ0v) is 15.0. The van der Waals surface area contributed by atoms with Gasteiger partial charge < -0.3 is 19.1 Å². The lowest BCUT2D eigenvalue weighted by atomic mass is 10.1. The van der Waals surface area contributed by atoms with E-state index in [1.54, 1.807) is 6.92 Å². The molecule has 0 bridgehead atoms. The summed E-state index contributed by atoms with van der Waals surface area (Å²) in [7, 11) is 1.29. The molecule has 2 rings (SSSR count). The third-order valence-electron chi connectivity index (χ3n) is 4.00. The average molecular weight is 353 g/mol. The van der Waals surface area contributed by atoms with Crippen molar-refractivity contribution in [2.75, 3.05) is 7.11 Å². The van der Waals surface area contributed by atoms with Crippen LogP contribution in [-0.4, -0.2) is 31.3 Å². The van der Waals surface area contributed by atoms with E-state index in [1.807, 2.05) is 60.7 Å². The van der Waals surface area contributed by atoms with E-state index in [-0.39, 0.29) is 6.61 Å². The van der Waals surface area contributed by atoms with E-state index in [9.17, 15) is 4.79 Å². The number of ether oxygens (including phenoxy) is 3. The lowest BCUT2D eigenvalue weighted by Gasteiger charge is -2.22. The first-order valence-electron chi connectivity index (χ1n) is 8.41. The molecule has 3 atom stereocenters. The second-order valence-corrected chi connectivity index (χ2v) is 5.86. The van der Waals surface area contributed by atoms with Crippen molar-refractivity contribution in [2.24, 2.45) is 0 Å². The van der Waals surface area contributed by atoms with Crippen LogP contribution in [-0.2, 0) is 32.2 Å². The Balaban J connectivity index is 2.02. The molecule has 0 amide bonds. The molecule has 0 aliphatic heterocycles. The second-order valence-electron chi connectivity index (χ2n) is 5.86. The van der Waals surface area contributed by atoms with Gasteiger partial charge in [-0.3, -0.25) is 0 Å². The van der Waals surface area contributed by atoms with Crippen molar-refractivity contribution >= 4 is 5.97 Å². The van der Waals surface area contributed by atoms with E-state index in [2.05, 4.69) is 4.85 Å². The lowest BCUT2D eigenvalue weighted by molar-refractivity contribution is -0.158. The van der Waals surface area contributed by atoms with E-state index < -0.39 is 24.2 Å². The van der Waals surface area contributed by atoms with E-state index in [0.29, 0.717) is 6.61 Å². The summed E-state index contributed by atoms with van der Waals surface area (Å²) in [6, 6.07) is 18.4. The largest absolute Gasteiger partial charge is 0.467 e. The Morgan fingerprint density at radius 1 is 0.962 bits per heavy atom. The lowest BCUT2D eigenvalue weighted by Crippen LogP contribution is -2.42. The first-order chi connectivity index (χ1) is 12.7. The molecule has 0 aliphatic carbocycles. The molecule has 0 aromatic heterocycles. The maximum absolute atomic E-state index is 12.2. The number of benzene rings is 2. The fourth-order valence-electron chi connectivity index (χ4n) is 2.50. The predicted molar refractivity (Wildman–Crippen MR) is 98.1 cm³/mol. The molecule has 5 nitrogen and oxygen atoms in total. The van der Waals surface area contributed by atoms with Crippen LogP contribution in [0.4, 0.5) is 0 Å².